The fourth-order valence-electron chi connectivity index (χ4n) is 2.18. The summed E-state index contributed by atoms with van der Waals surface area (Å²) in [6.07, 6.45) is 0.972. The van der Waals surface area contributed by atoms with Gasteiger partial charge in [0.2, 0.25) is 5.91 Å². The van der Waals surface area contributed by atoms with Gasteiger partial charge in [0.05, 0.1) is 13.7 Å². The van der Waals surface area contributed by atoms with Crippen molar-refractivity contribution in [2.24, 2.45) is 0 Å². The van der Waals surface area contributed by atoms with Crippen molar-refractivity contribution in [1.82, 2.24) is 9.80 Å². The molecular weight excluding hydrogens is 268 g/mol. The number of carbonyl (C=O) groups excluding carboxylic acids is 1. The molecule has 0 radical (unpaired) electrons. The second-order valence-electron chi connectivity index (χ2n) is 5.37. The van der Waals surface area contributed by atoms with Crippen LogP contribution in [0.4, 0.5) is 0 Å². The number of ether oxygens (including phenoxy) is 1. The Bertz CT molecular complexity index is 475. The molecule has 0 bridgehead atoms. The standard InChI is InChI=1S/C16H26N2O3/c1-6-9-18(11-16(20)17(3)4)12(2)13-7-8-14(19)15(10-13)21-5/h7-8,10,12,19H,6,9,11H2,1-5H3. The van der Waals surface area contributed by atoms with Crippen LogP contribution in [0.1, 0.15) is 31.9 Å². The minimum absolute atomic E-state index is 0.0725. The van der Waals surface area contributed by atoms with E-state index in [1.165, 1.54) is 7.11 Å². The minimum atomic E-state index is 0.0725. The van der Waals surface area contributed by atoms with Crippen LogP contribution in [0.5, 0.6) is 11.5 Å². The lowest BCUT2D eigenvalue weighted by Gasteiger charge is -2.29. The molecule has 1 aromatic rings. The third kappa shape index (κ3) is 4.63. The molecule has 0 aromatic heterocycles. The molecule has 1 amide bonds. The van der Waals surface area contributed by atoms with E-state index in [2.05, 4.69) is 18.7 Å². The van der Waals surface area contributed by atoms with Crippen LogP contribution in [-0.2, 0) is 4.79 Å². The van der Waals surface area contributed by atoms with Crippen LogP contribution in [0.15, 0.2) is 18.2 Å². The number of nitrogens with zero attached hydrogens (tertiary/aromatic N) is 2. The van der Waals surface area contributed by atoms with E-state index in [-0.39, 0.29) is 17.7 Å². The monoisotopic (exact) mass is 294 g/mol. The molecule has 1 unspecified atom stereocenters. The molecule has 118 valence electrons. The van der Waals surface area contributed by atoms with Crippen molar-refractivity contribution in [2.75, 3.05) is 34.3 Å². The van der Waals surface area contributed by atoms with E-state index in [0.717, 1.165) is 18.5 Å². The van der Waals surface area contributed by atoms with E-state index < -0.39 is 0 Å². The largest absolute Gasteiger partial charge is 0.504 e. The zero-order chi connectivity index (χ0) is 16.0. The Labute approximate surface area is 127 Å². The maximum absolute atomic E-state index is 12.0. The van der Waals surface area contributed by atoms with Gasteiger partial charge >= 0.3 is 0 Å². The molecule has 5 heteroatoms. The van der Waals surface area contributed by atoms with Gasteiger partial charge in [-0.25, -0.2) is 0 Å². The lowest BCUT2D eigenvalue weighted by Crippen LogP contribution is -2.38. The normalized spacial score (nSPS) is 12.3. The number of benzene rings is 1. The molecule has 0 heterocycles. The average molecular weight is 294 g/mol. The molecule has 1 aromatic carbocycles. The molecule has 0 saturated carbocycles. The molecule has 1 N–H and O–H groups in total. The van der Waals surface area contributed by atoms with Crippen LogP contribution in [0.25, 0.3) is 0 Å². The Balaban J connectivity index is 2.94. The first-order chi connectivity index (χ1) is 9.90. The molecule has 0 aliphatic heterocycles. The minimum Gasteiger partial charge on any atom is -0.504 e. The maximum Gasteiger partial charge on any atom is 0.236 e. The first kappa shape index (κ1) is 17.3. The SMILES string of the molecule is CCCN(CC(=O)N(C)C)C(C)c1ccc(O)c(OC)c1. The molecule has 0 spiro atoms. The molecular formula is C16H26N2O3. The first-order valence-corrected chi connectivity index (χ1v) is 7.21. The van der Waals surface area contributed by atoms with Gasteiger partial charge in [-0.3, -0.25) is 9.69 Å². The van der Waals surface area contributed by atoms with Gasteiger partial charge in [0.15, 0.2) is 11.5 Å². The average Bonchev–Trinajstić information content (AvgIpc) is 2.46. The number of hydrogen-bond donors (Lipinski definition) is 1. The summed E-state index contributed by atoms with van der Waals surface area (Å²) in [6.45, 7) is 5.37. The Morgan fingerprint density at radius 1 is 1.38 bits per heavy atom. The summed E-state index contributed by atoms with van der Waals surface area (Å²) in [5.74, 6) is 0.663. The first-order valence-electron chi connectivity index (χ1n) is 7.21. The summed E-state index contributed by atoms with van der Waals surface area (Å²) in [7, 11) is 5.06. The Morgan fingerprint density at radius 2 is 2.05 bits per heavy atom. The number of amides is 1. The van der Waals surface area contributed by atoms with Crippen molar-refractivity contribution in [3.05, 3.63) is 23.8 Å². The van der Waals surface area contributed by atoms with E-state index in [4.69, 9.17) is 4.74 Å². The van der Waals surface area contributed by atoms with Crippen LogP contribution in [0.2, 0.25) is 0 Å². The molecule has 1 atom stereocenters. The molecule has 0 aliphatic carbocycles. The highest BCUT2D eigenvalue weighted by Gasteiger charge is 2.20. The second-order valence-corrected chi connectivity index (χ2v) is 5.37. The van der Waals surface area contributed by atoms with Gasteiger partial charge < -0.3 is 14.7 Å². The zero-order valence-electron chi connectivity index (χ0n) is 13.6. The molecule has 0 aliphatic rings. The van der Waals surface area contributed by atoms with E-state index in [1.54, 1.807) is 25.1 Å². The predicted octanol–water partition coefficient (Wildman–Crippen LogP) is 2.26. The number of phenolic OH excluding ortho intramolecular Hbond substituents is 1. The van der Waals surface area contributed by atoms with Crippen molar-refractivity contribution in [3.8, 4) is 11.5 Å². The van der Waals surface area contributed by atoms with Crippen molar-refractivity contribution < 1.29 is 14.6 Å². The highest BCUT2D eigenvalue weighted by atomic mass is 16.5. The van der Waals surface area contributed by atoms with Crippen LogP contribution >= 0.6 is 0 Å². The number of methoxy groups -OCH3 is 1. The third-order valence-electron chi connectivity index (χ3n) is 3.58. The second kappa shape index (κ2) is 7.88. The lowest BCUT2D eigenvalue weighted by atomic mass is 10.1. The van der Waals surface area contributed by atoms with Crippen LogP contribution < -0.4 is 4.74 Å². The number of rotatable bonds is 7. The lowest BCUT2D eigenvalue weighted by molar-refractivity contribution is -0.130. The van der Waals surface area contributed by atoms with Gasteiger partial charge in [0.25, 0.3) is 0 Å². The Hall–Kier alpha value is -1.75. The van der Waals surface area contributed by atoms with Crippen molar-refractivity contribution in [1.29, 1.82) is 0 Å². The van der Waals surface area contributed by atoms with Gasteiger partial charge in [-0.15, -0.1) is 0 Å². The highest BCUT2D eigenvalue weighted by molar-refractivity contribution is 5.77. The van der Waals surface area contributed by atoms with Crippen molar-refractivity contribution in [2.45, 2.75) is 26.3 Å². The Morgan fingerprint density at radius 3 is 2.57 bits per heavy atom. The highest BCUT2D eigenvalue weighted by Crippen LogP contribution is 2.30. The molecule has 1 rings (SSSR count). The maximum atomic E-state index is 12.0. The van der Waals surface area contributed by atoms with Crippen LogP contribution in [0, 0.1) is 0 Å². The molecule has 0 fully saturated rings. The topological polar surface area (TPSA) is 53.0 Å². The van der Waals surface area contributed by atoms with Gasteiger partial charge in [0.1, 0.15) is 0 Å². The fraction of sp³-hybridized carbons (Fsp3) is 0.562. The third-order valence-corrected chi connectivity index (χ3v) is 3.58. The number of hydrogen-bond acceptors (Lipinski definition) is 4. The van der Waals surface area contributed by atoms with Crippen LogP contribution in [0.3, 0.4) is 0 Å². The summed E-state index contributed by atoms with van der Waals surface area (Å²) in [5, 5.41) is 9.68. The van der Waals surface area contributed by atoms with Gasteiger partial charge in [-0.1, -0.05) is 13.0 Å². The predicted molar refractivity (Wildman–Crippen MR) is 83.6 cm³/mol. The van der Waals surface area contributed by atoms with Crippen molar-refractivity contribution in [3.63, 3.8) is 0 Å². The van der Waals surface area contributed by atoms with E-state index in [0.29, 0.717) is 12.3 Å². The Kier molecular flexibility index (Phi) is 6.49. The quantitative estimate of drug-likeness (QED) is 0.838. The summed E-state index contributed by atoms with van der Waals surface area (Å²) in [4.78, 5) is 15.7. The van der Waals surface area contributed by atoms with Gasteiger partial charge in [-0.2, -0.15) is 0 Å². The number of phenols is 1. The molecule has 0 saturated heterocycles. The number of likely N-dealkylation sites (N-methyl/N-ethyl adjacent to an activating group) is 1. The molecule has 5 nitrogen and oxygen atoms in total. The van der Waals surface area contributed by atoms with Crippen LogP contribution in [-0.4, -0.2) is 55.1 Å². The van der Waals surface area contributed by atoms with E-state index in [9.17, 15) is 9.90 Å². The van der Waals surface area contributed by atoms with E-state index >= 15 is 0 Å². The summed E-state index contributed by atoms with van der Waals surface area (Å²) in [6, 6.07) is 5.39. The fourth-order valence-corrected chi connectivity index (χ4v) is 2.18. The van der Waals surface area contributed by atoms with Crippen molar-refractivity contribution >= 4 is 5.91 Å². The summed E-state index contributed by atoms with van der Waals surface area (Å²) < 4.78 is 5.15. The van der Waals surface area contributed by atoms with Gasteiger partial charge in [-0.05, 0) is 37.6 Å². The zero-order valence-corrected chi connectivity index (χ0v) is 13.6. The van der Waals surface area contributed by atoms with Gasteiger partial charge in [0, 0.05) is 20.1 Å². The summed E-state index contributed by atoms with van der Waals surface area (Å²) >= 11 is 0. The number of aromatic hydroxyl groups is 1. The van der Waals surface area contributed by atoms with E-state index in [1.807, 2.05) is 12.1 Å². The molecule has 21 heavy (non-hydrogen) atoms. The summed E-state index contributed by atoms with van der Waals surface area (Å²) in [5.41, 5.74) is 1.02. The smallest absolute Gasteiger partial charge is 0.236 e. The number of carbonyl (C=O) groups is 1.